The molecule has 0 atom stereocenters. The van der Waals surface area contributed by atoms with Gasteiger partial charge in [0.25, 0.3) is 5.91 Å². The number of ether oxygens (including phenoxy) is 2. The SMILES string of the molecule is CCOC(=O)CN(CCOC)C(=O)c1cc(O)ccc1Cl. The number of carbonyl (C=O) groups excluding carboxylic acids is 2. The maximum Gasteiger partial charge on any atom is 0.325 e. The summed E-state index contributed by atoms with van der Waals surface area (Å²) in [4.78, 5) is 25.3. The molecule has 1 amide bonds. The molecular weight excluding hydrogens is 298 g/mol. The van der Waals surface area contributed by atoms with E-state index < -0.39 is 11.9 Å². The van der Waals surface area contributed by atoms with E-state index in [0.29, 0.717) is 0 Å². The minimum absolute atomic E-state index is 0.0782. The van der Waals surface area contributed by atoms with Crippen molar-refractivity contribution in [3.63, 3.8) is 0 Å². The predicted molar refractivity (Wildman–Crippen MR) is 77.5 cm³/mol. The number of rotatable bonds is 7. The molecule has 0 aliphatic heterocycles. The Labute approximate surface area is 128 Å². The number of nitrogens with zero attached hydrogens (tertiary/aromatic N) is 1. The predicted octanol–water partition coefficient (Wildman–Crippen LogP) is 1.70. The van der Waals surface area contributed by atoms with Gasteiger partial charge in [-0.15, -0.1) is 0 Å². The molecule has 0 aromatic heterocycles. The number of methoxy groups -OCH3 is 1. The summed E-state index contributed by atoms with van der Waals surface area (Å²) in [6, 6.07) is 4.06. The van der Waals surface area contributed by atoms with Crippen LogP contribution in [0.25, 0.3) is 0 Å². The van der Waals surface area contributed by atoms with Crippen molar-refractivity contribution in [2.45, 2.75) is 6.92 Å². The zero-order valence-electron chi connectivity index (χ0n) is 12.0. The summed E-state index contributed by atoms with van der Waals surface area (Å²) >= 11 is 5.96. The Morgan fingerprint density at radius 3 is 2.71 bits per heavy atom. The van der Waals surface area contributed by atoms with Gasteiger partial charge in [-0.2, -0.15) is 0 Å². The molecular formula is C14H18ClNO5. The Morgan fingerprint density at radius 1 is 1.38 bits per heavy atom. The number of benzene rings is 1. The summed E-state index contributed by atoms with van der Waals surface area (Å²) in [6.07, 6.45) is 0. The maximum absolute atomic E-state index is 12.4. The molecule has 116 valence electrons. The second kappa shape index (κ2) is 8.49. The van der Waals surface area contributed by atoms with Crippen LogP contribution in [0.3, 0.4) is 0 Å². The van der Waals surface area contributed by atoms with Crippen molar-refractivity contribution in [2.24, 2.45) is 0 Å². The highest BCUT2D eigenvalue weighted by atomic mass is 35.5. The topological polar surface area (TPSA) is 76.1 Å². The van der Waals surface area contributed by atoms with Gasteiger partial charge in [0.15, 0.2) is 0 Å². The summed E-state index contributed by atoms with van der Waals surface area (Å²) in [5.74, 6) is -1.06. The maximum atomic E-state index is 12.4. The molecule has 7 heteroatoms. The van der Waals surface area contributed by atoms with Crippen LogP contribution < -0.4 is 0 Å². The quantitative estimate of drug-likeness (QED) is 0.775. The third kappa shape index (κ3) is 5.24. The molecule has 0 heterocycles. The number of aromatic hydroxyl groups is 1. The lowest BCUT2D eigenvalue weighted by Crippen LogP contribution is -2.38. The fraction of sp³-hybridized carbons (Fsp3) is 0.429. The Hall–Kier alpha value is -1.79. The molecule has 0 aliphatic rings. The number of carbonyl (C=O) groups is 2. The lowest BCUT2D eigenvalue weighted by molar-refractivity contribution is -0.143. The molecule has 0 spiro atoms. The van der Waals surface area contributed by atoms with Crippen LogP contribution in [0.5, 0.6) is 5.75 Å². The normalized spacial score (nSPS) is 10.2. The van der Waals surface area contributed by atoms with Crippen molar-refractivity contribution < 1.29 is 24.2 Å². The average Bonchev–Trinajstić information content (AvgIpc) is 2.45. The summed E-state index contributed by atoms with van der Waals surface area (Å²) in [6.45, 7) is 2.19. The first-order valence-electron chi connectivity index (χ1n) is 6.42. The highest BCUT2D eigenvalue weighted by Crippen LogP contribution is 2.22. The van der Waals surface area contributed by atoms with E-state index in [0.717, 1.165) is 0 Å². The van der Waals surface area contributed by atoms with Crippen LogP contribution in [0.4, 0.5) is 0 Å². The van der Waals surface area contributed by atoms with E-state index in [1.165, 1.54) is 30.2 Å². The van der Waals surface area contributed by atoms with Crippen LogP contribution in [0.1, 0.15) is 17.3 Å². The van der Waals surface area contributed by atoms with E-state index in [2.05, 4.69) is 0 Å². The monoisotopic (exact) mass is 315 g/mol. The van der Waals surface area contributed by atoms with Crippen molar-refractivity contribution in [1.29, 1.82) is 0 Å². The van der Waals surface area contributed by atoms with Gasteiger partial charge in [-0.3, -0.25) is 9.59 Å². The fourth-order valence-corrected chi connectivity index (χ4v) is 1.86. The highest BCUT2D eigenvalue weighted by molar-refractivity contribution is 6.33. The molecule has 0 unspecified atom stereocenters. The van der Waals surface area contributed by atoms with Crippen molar-refractivity contribution >= 4 is 23.5 Å². The van der Waals surface area contributed by atoms with Gasteiger partial charge in [-0.05, 0) is 25.1 Å². The van der Waals surface area contributed by atoms with Crippen LogP contribution >= 0.6 is 11.6 Å². The molecule has 1 N–H and O–H groups in total. The van der Waals surface area contributed by atoms with E-state index in [1.807, 2.05) is 0 Å². The summed E-state index contributed by atoms with van der Waals surface area (Å²) in [5.41, 5.74) is 0.122. The third-order valence-corrected chi connectivity index (χ3v) is 2.99. The van der Waals surface area contributed by atoms with Gasteiger partial charge >= 0.3 is 5.97 Å². The van der Waals surface area contributed by atoms with Gasteiger partial charge < -0.3 is 19.5 Å². The van der Waals surface area contributed by atoms with Crippen LogP contribution in [0.2, 0.25) is 5.02 Å². The van der Waals surface area contributed by atoms with Crippen LogP contribution in [0.15, 0.2) is 18.2 Å². The van der Waals surface area contributed by atoms with E-state index in [1.54, 1.807) is 6.92 Å². The van der Waals surface area contributed by atoms with Crippen molar-refractivity contribution in [2.75, 3.05) is 33.4 Å². The Bertz CT molecular complexity index is 506. The molecule has 0 aliphatic carbocycles. The number of hydrogen-bond donors (Lipinski definition) is 1. The molecule has 1 aromatic carbocycles. The molecule has 0 fully saturated rings. The zero-order valence-corrected chi connectivity index (χ0v) is 12.7. The largest absolute Gasteiger partial charge is 0.508 e. The smallest absolute Gasteiger partial charge is 0.325 e. The number of hydrogen-bond acceptors (Lipinski definition) is 5. The number of esters is 1. The van der Waals surface area contributed by atoms with Crippen molar-refractivity contribution in [3.05, 3.63) is 28.8 Å². The molecule has 0 saturated carbocycles. The minimum atomic E-state index is -0.516. The number of phenolic OH excluding ortho intramolecular Hbond substituents is 1. The average molecular weight is 316 g/mol. The van der Waals surface area contributed by atoms with Crippen molar-refractivity contribution in [1.82, 2.24) is 4.90 Å². The van der Waals surface area contributed by atoms with Gasteiger partial charge in [0.2, 0.25) is 0 Å². The molecule has 21 heavy (non-hydrogen) atoms. The van der Waals surface area contributed by atoms with E-state index >= 15 is 0 Å². The Balaban J connectivity index is 2.92. The van der Waals surface area contributed by atoms with Gasteiger partial charge in [0.1, 0.15) is 12.3 Å². The number of phenols is 1. The van der Waals surface area contributed by atoms with Crippen LogP contribution in [0, 0.1) is 0 Å². The second-order valence-electron chi connectivity index (χ2n) is 4.19. The van der Waals surface area contributed by atoms with Gasteiger partial charge in [0.05, 0.1) is 23.8 Å². The highest BCUT2D eigenvalue weighted by Gasteiger charge is 2.21. The minimum Gasteiger partial charge on any atom is -0.508 e. The molecule has 0 radical (unpaired) electrons. The van der Waals surface area contributed by atoms with Crippen molar-refractivity contribution in [3.8, 4) is 5.75 Å². The van der Waals surface area contributed by atoms with Gasteiger partial charge in [-0.1, -0.05) is 11.6 Å². The van der Waals surface area contributed by atoms with Crippen LogP contribution in [-0.2, 0) is 14.3 Å². The molecule has 0 saturated heterocycles. The third-order valence-electron chi connectivity index (χ3n) is 2.66. The van der Waals surface area contributed by atoms with Crippen LogP contribution in [-0.4, -0.2) is 55.3 Å². The molecule has 0 bridgehead atoms. The van der Waals surface area contributed by atoms with Gasteiger partial charge in [-0.25, -0.2) is 0 Å². The second-order valence-corrected chi connectivity index (χ2v) is 4.60. The van der Waals surface area contributed by atoms with E-state index in [9.17, 15) is 14.7 Å². The first-order chi connectivity index (χ1) is 9.99. The summed E-state index contributed by atoms with van der Waals surface area (Å²) in [7, 11) is 1.49. The molecule has 1 rings (SSSR count). The lowest BCUT2D eigenvalue weighted by Gasteiger charge is -2.22. The summed E-state index contributed by atoms with van der Waals surface area (Å²) < 4.78 is 9.76. The van der Waals surface area contributed by atoms with Gasteiger partial charge in [0, 0.05) is 13.7 Å². The lowest BCUT2D eigenvalue weighted by atomic mass is 10.2. The fourth-order valence-electron chi connectivity index (χ4n) is 1.66. The summed E-state index contributed by atoms with van der Waals surface area (Å²) in [5, 5.41) is 9.66. The zero-order chi connectivity index (χ0) is 15.8. The molecule has 1 aromatic rings. The Morgan fingerprint density at radius 2 is 2.10 bits per heavy atom. The first-order valence-corrected chi connectivity index (χ1v) is 6.79. The standard InChI is InChI=1S/C14H18ClNO5/c1-3-21-13(18)9-16(6-7-20-2)14(19)11-8-10(17)4-5-12(11)15/h4-5,8,17H,3,6-7,9H2,1-2H3. The number of halogens is 1. The van der Waals surface area contributed by atoms with E-state index in [-0.39, 0.29) is 42.6 Å². The first kappa shape index (κ1) is 17.3. The molecule has 6 nitrogen and oxygen atoms in total. The Kier molecular flexibility index (Phi) is 6.98. The number of amides is 1. The van der Waals surface area contributed by atoms with E-state index in [4.69, 9.17) is 21.1 Å².